The molecule has 0 aromatic heterocycles. The van der Waals surface area contributed by atoms with E-state index >= 15 is 0 Å². The maximum atomic E-state index is 12.1. The maximum absolute atomic E-state index is 12.1. The van der Waals surface area contributed by atoms with E-state index in [0.29, 0.717) is 17.4 Å². The van der Waals surface area contributed by atoms with Crippen LogP contribution >= 0.6 is 31.9 Å². The average Bonchev–Trinajstić information content (AvgIpc) is 2.80. The van der Waals surface area contributed by atoms with Crippen LogP contribution in [0.3, 0.4) is 0 Å². The van der Waals surface area contributed by atoms with Crippen LogP contribution in [0.1, 0.15) is 31.7 Å². The summed E-state index contributed by atoms with van der Waals surface area (Å²) in [7, 11) is 0. The summed E-state index contributed by atoms with van der Waals surface area (Å²) < 4.78 is 13.0. The van der Waals surface area contributed by atoms with E-state index in [-0.39, 0.29) is 13.2 Å². The van der Waals surface area contributed by atoms with Crippen molar-refractivity contribution in [3.63, 3.8) is 0 Å². The highest BCUT2D eigenvalue weighted by Gasteiger charge is 2.13. The van der Waals surface area contributed by atoms with Gasteiger partial charge in [0, 0.05) is 4.47 Å². The minimum atomic E-state index is -0.485. The second-order valence-electron chi connectivity index (χ2n) is 7.26. The number of halogens is 2. The Morgan fingerprint density at radius 2 is 1.56 bits per heavy atom. The maximum Gasteiger partial charge on any atom is 0.276 e. The molecule has 32 heavy (non-hydrogen) atoms. The lowest BCUT2D eigenvalue weighted by Gasteiger charge is -2.15. The Morgan fingerprint density at radius 1 is 0.906 bits per heavy atom. The van der Waals surface area contributed by atoms with E-state index in [1.807, 2.05) is 48.5 Å². The molecule has 2 amide bonds. The minimum Gasteiger partial charge on any atom is -0.483 e. The molecule has 0 aliphatic rings. The van der Waals surface area contributed by atoms with Crippen LogP contribution in [0, 0.1) is 0 Å². The quantitative estimate of drug-likeness (QED) is 0.356. The van der Waals surface area contributed by atoms with Crippen molar-refractivity contribution in [1.82, 2.24) is 10.9 Å². The van der Waals surface area contributed by atoms with Gasteiger partial charge in [0.05, 0.1) is 4.47 Å². The first-order chi connectivity index (χ1) is 15.4. The van der Waals surface area contributed by atoms with Gasteiger partial charge in [-0.05, 0) is 68.9 Å². The van der Waals surface area contributed by atoms with Crippen molar-refractivity contribution >= 4 is 54.4 Å². The second-order valence-corrected chi connectivity index (χ2v) is 8.97. The van der Waals surface area contributed by atoms with Gasteiger partial charge in [-0.2, -0.15) is 0 Å². The number of hydrogen-bond donors (Lipinski definition) is 2. The zero-order chi connectivity index (χ0) is 23.1. The third-order valence-corrected chi connectivity index (χ3v) is 6.31. The second kappa shape index (κ2) is 11.3. The molecule has 0 aliphatic carbocycles. The van der Waals surface area contributed by atoms with Gasteiger partial charge in [0.15, 0.2) is 13.2 Å². The monoisotopic (exact) mass is 562 g/mol. The first-order valence-corrected chi connectivity index (χ1v) is 11.8. The Balaban J connectivity index is 1.47. The lowest BCUT2D eigenvalue weighted by Crippen LogP contribution is -2.45. The number of benzene rings is 3. The Hall–Kier alpha value is -2.58. The number of hydrogen-bond acceptors (Lipinski definition) is 4. The van der Waals surface area contributed by atoms with Crippen molar-refractivity contribution in [1.29, 1.82) is 0 Å². The predicted octanol–water partition coefficient (Wildman–Crippen LogP) is 5.48. The van der Waals surface area contributed by atoms with Crippen molar-refractivity contribution in [3.05, 3.63) is 69.1 Å². The van der Waals surface area contributed by atoms with Gasteiger partial charge < -0.3 is 9.47 Å². The van der Waals surface area contributed by atoms with Crippen molar-refractivity contribution < 1.29 is 19.1 Å². The number of nitrogens with one attached hydrogen (secondary N) is 2. The number of carbonyl (C=O) groups excluding carboxylic acids is 2. The fourth-order valence-electron chi connectivity index (χ4n) is 3.09. The smallest absolute Gasteiger partial charge is 0.276 e. The highest BCUT2D eigenvalue weighted by atomic mass is 79.9. The largest absolute Gasteiger partial charge is 0.483 e. The summed E-state index contributed by atoms with van der Waals surface area (Å²) >= 11 is 6.97. The predicted molar refractivity (Wildman–Crippen MR) is 132 cm³/mol. The summed E-state index contributed by atoms with van der Waals surface area (Å²) in [5.41, 5.74) is 5.73. The van der Waals surface area contributed by atoms with E-state index in [4.69, 9.17) is 9.47 Å². The van der Waals surface area contributed by atoms with Gasteiger partial charge in [-0.1, -0.05) is 60.1 Å². The summed E-state index contributed by atoms with van der Waals surface area (Å²) in [6, 6.07) is 17.2. The first kappa shape index (κ1) is 24.1. The number of hydrazine groups is 1. The van der Waals surface area contributed by atoms with Crippen LogP contribution in [0.15, 0.2) is 63.5 Å². The Kier molecular flexibility index (Phi) is 8.53. The van der Waals surface area contributed by atoms with Crippen LogP contribution in [-0.4, -0.2) is 25.0 Å². The summed E-state index contributed by atoms with van der Waals surface area (Å²) in [4.78, 5) is 24.2. The first-order valence-electron chi connectivity index (χ1n) is 10.2. The van der Waals surface area contributed by atoms with E-state index in [1.165, 1.54) is 0 Å². The number of carbonyl (C=O) groups is 2. The van der Waals surface area contributed by atoms with E-state index < -0.39 is 11.8 Å². The molecule has 0 spiro atoms. The summed E-state index contributed by atoms with van der Waals surface area (Å²) in [5, 5.41) is 2.00. The molecule has 168 valence electrons. The molecule has 6 nitrogen and oxygen atoms in total. The Morgan fingerprint density at radius 3 is 2.25 bits per heavy atom. The molecule has 1 unspecified atom stereocenters. The molecule has 1 atom stereocenters. The van der Waals surface area contributed by atoms with Crippen LogP contribution in [0.25, 0.3) is 10.8 Å². The van der Waals surface area contributed by atoms with Crippen LogP contribution in [0.2, 0.25) is 0 Å². The fourth-order valence-corrected chi connectivity index (χ4v) is 4.08. The van der Waals surface area contributed by atoms with E-state index in [2.05, 4.69) is 56.6 Å². The van der Waals surface area contributed by atoms with Gasteiger partial charge in [-0.25, -0.2) is 0 Å². The summed E-state index contributed by atoms with van der Waals surface area (Å²) in [5.74, 6) is 0.573. The molecule has 3 rings (SSSR count). The Bertz CT molecular complexity index is 1120. The van der Waals surface area contributed by atoms with Crippen molar-refractivity contribution in [3.8, 4) is 11.5 Å². The Labute approximate surface area is 203 Å². The molecule has 0 saturated heterocycles. The van der Waals surface area contributed by atoms with Gasteiger partial charge in [-0.3, -0.25) is 20.4 Å². The van der Waals surface area contributed by atoms with Crippen LogP contribution in [0.5, 0.6) is 11.5 Å². The number of ether oxygens (including phenoxy) is 2. The molecular formula is C24H24Br2N2O4. The number of para-hydroxylation sites is 1. The molecule has 3 aromatic carbocycles. The van der Waals surface area contributed by atoms with E-state index in [1.54, 1.807) is 6.07 Å². The van der Waals surface area contributed by atoms with Gasteiger partial charge in [-0.15, -0.1) is 0 Å². The molecule has 8 heteroatoms. The SMILES string of the molecule is CCC(C)c1ccccc1OCC(=O)NNC(=O)COc1ccc2cc(Br)ccc2c1Br. The molecule has 2 N–H and O–H groups in total. The summed E-state index contributed by atoms with van der Waals surface area (Å²) in [6.07, 6.45) is 0.966. The lowest BCUT2D eigenvalue weighted by atomic mass is 9.98. The third kappa shape index (κ3) is 6.23. The minimum absolute atomic E-state index is 0.208. The summed E-state index contributed by atoms with van der Waals surface area (Å²) in [6.45, 7) is 3.75. The van der Waals surface area contributed by atoms with Crippen molar-refractivity contribution in [2.45, 2.75) is 26.2 Å². The highest BCUT2D eigenvalue weighted by Crippen LogP contribution is 2.34. The number of amides is 2. The molecule has 0 saturated carbocycles. The van der Waals surface area contributed by atoms with Gasteiger partial charge in [0.2, 0.25) is 0 Å². The fraction of sp³-hybridized carbons (Fsp3) is 0.250. The molecule has 0 radical (unpaired) electrons. The average molecular weight is 564 g/mol. The lowest BCUT2D eigenvalue weighted by molar-refractivity contribution is -0.131. The standard InChI is InChI=1S/C24H24Br2N2O4/c1-3-15(2)18-6-4-5-7-20(18)31-13-22(29)27-28-23(30)14-32-21-11-8-16-12-17(25)9-10-19(16)24(21)26/h4-12,15H,3,13-14H2,1-2H3,(H,27,29)(H,28,30). The van der Waals surface area contributed by atoms with Crippen LogP contribution in [0.4, 0.5) is 0 Å². The van der Waals surface area contributed by atoms with Gasteiger partial charge in [0.25, 0.3) is 11.8 Å². The van der Waals surface area contributed by atoms with Gasteiger partial charge >= 0.3 is 0 Å². The third-order valence-electron chi connectivity index (χ3n) is 5.00. The topological polar surface area (TPSA) is 76.7 Å². The molecule has 0 heterocycles. The molecule has 0 fully saturated rings. The van der Waals surface area contributed by atoms with Crippen molar-refractivity contribution in [2.24, 2.45) is 0 Å². The molecule has 0 bridgehead atoms. The number of rotatable bonds is 8. The van der Waals surface area contributed by atoms with Crippen LogP contribution in [-0.2, 0) is 9.59 Å². The van der Waals surface area contributed by atoms with Crippen LogP contribution < -0.4 is 20.3 Å². The van der Waals surface area contributed by atoms with E-state index in [0.717, 1.165) is 31.7 Å². The van der Waals surface area contributed by atoms with E-state index in [9.17, 15) is 9.59 Å². The highest BCUT2D eigenvalue weighted by molar-refractivity contribution is 9.11. The number of fused-ring (bicyclic) bond motifs is 1. The van der Waals surface area contributed by atoms with Gasteiger partial charge in [0.1, 0.15) is 11.5 Å². The van der Waals surface area contributed by atoms with Crippen molar-refractivity contribution in [2.75, 3.05) is 13.2 Å². The molecular weight excluding hydrogens is 540 g/mol. The molecule has 0 aliphatic heterocycles. The normalized spacial score (nSPS) is 11.6. The zero-order valence-electron chi connectivity index (χ0n) is 17.8. The zero-order valence-corrected chi connectivity index (χ0v) is 21.0. The molecule has 3 aromatic rings.